The topological polar surface area (TPSA) is 104 Å². The van der Waals surface area contributed by atoms with E-state index in [0.29, 0.717) is 17.3 Å². The molecular weight excluding hydrogens is 404 g/mol. The van der Waals surface area contributed by atoms with Gasteiger partial charge in [-0.1, -0.05) is 0 Å². The zero-order valence-electron chi connectivity index (χ0n) is 15.2. The number of carbonyl (C=O) groups excluding carboxylic acids is 2. The lowest BCUT2D eigenvalue weighted by atomic mass is 10.2. The Morgan fingerprint density at radius 1 is 1.00 bits per heavy atom. The summed E-state index contributed by atoms with van der Waals surface area (Å²) >= 11 is 0. The van der Waals surface area contributed by atoms with Gasteiger partial charge in [0.1, 0.15) is 16.5 Å². The van der Waals surface area contributed by atoms with Gasteiger partial charge in [0, 0.05) is 30.3 Å². The fourth-order valence-electron chi connectivity index (χ4n) is 2.52. The minimum absolute atomic E-state index is 0.0378. The van der Waals surface area contributed by atoms with Crippen LogP contribution in [-0.2, 0) is 14.8 Å². The monoisotopic (exact) mass is 423 g/mol. The molecule has 0 radical (unpaired) electrons. The first-order chi connectivity index (χ1) is 13.8. The van der Waals surface area contributed by atoms with Crippen molar-refractivity contribution in [3.63, 3.8) is 0 Å². The van der Waals surface area contributed by atoms with Crippen LogP contribution in [0.1, 0.15) is 23.2 Å². The largest absolute Gasteiger partial charge is 0.351 e. The Hall–Kier alpha value is -2.85. The van der Waals surface area contributed by atoms with E-state index in [2.05, 4.69) is 15.4 Å². The Bertz CT molecular complexity index is 1020. The van der Waals surface area contributed by atoms with Gasteiger partial charge in [-0.15, -0.1) is 0 Å². The molecule has 0 unspecified atom stereocenters. The van der Waals surface area contributed by atoms with Crippen LogP contribution < -0.4 is 15.4 Å². The van der Waals surface area contributed by atoms with E-state index >= 15 is 0 Å². The van der Waals surface area contributed by atoms with Crippen molar-refractivity contribution in [1.82, 2.24) is 10.0 Å². The Balaban J connectivity index is 1.48. The number of hydrogen-bond acceptors (Lipinski definition) is 4. The van der Waals surface area contributed by atoms with Crippen LogP contribution in [0, 0.1) is 17.6 Å². The van der Waals surface area contributed by atoms with Gasteiger partial charge >= 0.3 is 0 Å². The highest BCUT2D eigenvalue weighted by Gasteiger charge is 2.29. The summed E-state index contributed by atoms with van der Waals surface area (Å²) in [5, 5.41) is 5.27. The number of anilines is 1. The molecule has 0 atom stereocenters. The maximum absolute atomic E-state index is 13.6. The predicted molar refractivity (Wildman–Crippen MR) is 102 cm³/mol. The van der Waals surface area contributed by atoms with E-state index in [1.807, 2.05) is 0 Å². The standard InChI is InChI=1S/C19H19F2N3O4S/c20-14-5-8-16(21)17(11-14)29(27,28)23-10-9-22-18(25)12-3-6-15(7-4-12)24-19(26)13-1-2-13/h3-8,11,13,23H,1-2,9-10H2,(H,22,25)(H,24,26). The second-order valence-corrected chi connectivity index (χ2v) is 8.30. The summed E-state index contributed by atoms with van der Waals surface area (Å²) < 4.78 is 52.9. The van der Waals surface area contributed by atoms with Crippen molar-refractivity contribution in [3.8, 4) is 0 Å². The van der Waals surface area contributed by atoms with Gasteiger partial charge in [-0.2, -0.15) is 0 Å². The molecule has 10 heteroatoms. The average molecular weight is 423 g/mol. The number of nitrogens with one attached hydrogen (secondary N) is 3. The zero-order valence-corrected chi connectivity index (χ0v) is 16.1. The summed E-state index contributed by atoms with van der Waals surface area (Å²) in [5.74, 6) is -2.36. The average Bonchev–Trinajstić information content (AvgIpc) is 3.53. The summed E-state index contributed by atoms with van der Waals surface area (Å²) in [5.41, 5.74) is 0.914. The van der Waals surface area contributed by atoms with Crippen molar-refractivity contribution >= 4 is 27.5 Å². The highest BCUT2D eigenvalue weighted by Crippen LogP contribution is 2.30. The molecule has 2 aromatic rings. The van der Waals surface area contributed by atoms with Gasteiger partial charge in [0.2, 0.25) is 15.9 Å². The molecule has 1 saturated carbocycles. The first-order valence-electron chi connectivity index (χ1n) is 8.90. The summed E-state index contributed by atoms with van der Waals surface area (Å²) in [6.45, 7) is -0.269. The number of sulfonamides is 1. The minimum Gasteiger partial charge on any atom is -0.351 e. The molecule has 154 valence electrons. The van der Waals surface area contributed by atoms with E-state index in [9.17, 15) is 26.8 Å². The smallest absolute Gasteiger partial charge is 0.251 e. The van der Waals surface area contributed by atoms with E-state index < -0.39 is 32.5 Å². The lowest BCUT2D eigenvalue weighted by Gasteiger charge is -2.09. The third kappa shape index (κ3) is 5.58. The molecule has 2 aromatic carbocycles. The SMILES string of the molecule is O=C(NCCNS(=O)(=O)c1cc(F)ccc1F)c1ccc(NC(=O)C2CC2)cc1. The molecule has 29 heavy (non-hydrogen) atoms. The molecule has 1 aliphatic rings. The first kappa shape index (κ1) is 20.9. The normalized spacial score (nSPS) is 13.7. The summed E-state index contributed by atoms with van der Waals surface area (Å²) in [7, 11) is -4.25. The summed E-state index contributed by atoms with van der Waals surface area (Å²) in [6.07, 6.45) is 1.78. The predicted octanol–water partition coefficient (Wildman–Crippen LogP) is 2.02. The fraction of sp³-hybridized carbons (Fsp3) is 0.263. The molecule has 3 rings (SSSR count). The molecule has 0 saturated heterocycles. The van der Waals surface area contributed by atoms with Gasteiger partial charge in [-0.05, 0) is 55.3 Å². The van der Waals surface area contributed by atoms with Gasteiger partial charge in [-0.3, -0.25) is 9.59 Å². The number of carbonyl (C=O) groups is 2. The Morgan fingerprint density at radius 3 is 2.34 bits per heavy atom. The lowest BCUT2D eigenvalue weighted by Crippen LogP contribution is -2.35. The van der Waals surface area contributed by atoms with Crippen molar-refractivity contribution in [2.24, 2.45) is 5.92 Å². The third-order valence-corrected chi connectivity index (χ3v) is 5.72. The fourth-order valence-corrected chi connectivity index (χ4v) is 3.64. The van der Waals surface area contributed by atoms with Gasteiger partial charge in [0.25, 0.3) is 5.91 Å². The molecule has 1 aliphatic carbocycles. The van der Waals surface area contributed by atoms with Crippen LogP contribution >= 0.6 is 0 Å². The lowest BCUT2D eigenvalue weighted by molar-refractivity contribution is -0.117. The van der Waals surface area contributed by atoms with Crippen LogP contribution in [-0.4, -0.2) is 33.3 Å². The molecule has 1 fully saturated rings. The van der Waals surface area contributed by atoms with E-state index in [0.717, 1.165) is 25.0 Å². The van der Waals surface area contributed by atoms with Crippen molar-refractivity contribution in [1.29, 1.82) is 0 Å². The molecule has 0 aliphatic heterocycles. The van der Waals surface area contributed by atoms with Crippen molar-refractivity contribution < 1.29 is 26.8 Å². The van der Waals surface area contributed by atoms with Crippen LogP contribution in [0.2, 0.25) is 0 Å². The van der Waals surface area contributed by atoms with Crippen molar-refractivity contribution in [2.75, 3.05) is 18.4 Å². The number of hydrogen-bond donors (Lipinski definition) is 3. The third-order valence-electron chi connectivity index (χ3n) is 4.25. The Morgan fingerprint density at radius 2 is 1.69 bits per heavy atom. The van der Waals surface area contributed by atoms with Crippen LogP contribution in [0.5, 0.6) is 0 Å². The van der Waals surface area contributed by atoms with Crippen LogP contribution in [0.25, 0.3) is 0 Å². The number of rotatable bonds is 8. The molecule has 0 heterocycles. The van der Waals surface area contributed by atoms with Crippen LogP contribution in [0.3, 0.4) is 0 Å². The second-order valence-electron chi connectivity index (χ2n) is 6.57. The molecular formula is C19H19F2N3O4S. The molecule has 0 spiro atoms. The van der Waals surface area contributed by atoms with Gasteiger partial charge in [0.05, 0.1) is 0 Å². The van der Waals surface area contributed by atoms with E-state index in [4.69, 9.17) is 0 Å². The number of benzene rings is 2. The van der Waals surface area contributed by atoms with Gasteiger partial charge in [0.15, 0.2) is 0 Å². The highest BCUT2D eigenvalue weighted by atomic mass is 32.2. The highest BCUT2D eigenvalue weighted by molar-refractivity contribution is 7.89. The van der Waals surface area contributed by atoms with Gasteiger partial charge < -0.3 is 10.6 Å². The van der Waals surface area contributed by atoms with Crippen LogP contribution in [0.4, 0.5) is 14.5 Å². The molecule has 7 nitrogen and oxygen atoms in total. The minimum atomic E-state index is -4.25. The van der Waals surface area contributed by atoms with E-state index in [1.165, 1.54) is 12.1 Å². The van der Waals surface area contributed by atoms with Gasteiger partial charge in [-0.25, -0.2) is 21.9 Å². The summed E-state index contributed by atoms with van der Waals surface area (Å²) in [6, 6.07) is 8.39. The van der Waals surface area contributed by atoms with E-state index in [1.54, 1.807) is 12.1 Å². The first-order valence-corrected chi connectivity index (χ1v) is 10.4. The maximum Gasteiger partial charge on any atom is 0.251 e. The molecule has 0 bridgehead atoms. The van der Waals surface area contributed by atoms with Crippen LogP contribution in [0.15, 0.2) is 47.4 Å². The quantitative estimate of drug-likeness (QED) is 0.565. The van der Waals surface area contributed by atoms with Crippen molar-refractivity contribution in [3.05, 3.63) is 59.7 Å². The van der Waals surface area contributed by atoms with Crippen molar-refractivity contribution in [2.45, 2.75) is 17.7 Å². The van der Waals surface area contributed by atoms with E-state index in [-0.39, 0.29) is 24.9 Å². The number of amides is 2. The number of halogens is 2. The Kier molecular flexibility index (Phi) is 6.23. The molecule has 0 aromatic heterocycles. The zero-order chi connectivity index (χ0) is 21.0. The molecule has 2 amide bonds. The Labute approximate surface area is 166 Å². The summed E-state index contributed by atoms with van der Waals surface area (Å²) in [4.78, 5) is 23.0. The second kappa shape index (κ2) is 8.66. The maximum atomic E-state index is 13.6. The molecule has 3 N–H and O–H groups in total.